The monoisotopic (exact) mass is 737 g/mol. The van der Waals surface area contributed by atoms with Crippen LogP contribution in [0.3, 0.4) is 0 Å². The zero-order valence-electron chi connectivity index (χ0n) is 33.2. The van der Waals surface area contributed by atoms with E-state index in [-0.39, 0.29) is 17.3 Å². The highest BCUT2D eigenvalue weighted by molar-refractivity contribution is 6.21. The highest BCUT2D eigenvalue weighted by atomic mass is 35.5. The molecule has 0 heterocycles. The van der Waals surface area contributed by atoms with Crippen LogP contribution in [0.5, 0.6) is 0 Å². The second-order valence-electron chi connectivity index (χ2n) is 15.2. The molecule has 0 radical (unpaired) electrons. The van der Waals surface area contributed by atoms with Crippen molar-refractivity contribution in [3.63, 3.8) is 0 Å². The fourth-order valence-electron chi connectivity index (χ4n) is 8.26. The molecule has 2 atom stereocenters. The SMILES string of the molecule is COC.Cc1cc(C)c(Nc2ccc(C(c3ccc(Nc4c(C)cc(C)cc4C)cc3)c3ccc(NC4CCCCC4Cl)c4ccccc34)cc2)c(C)c1. The molecule has 0 aliphatic heterocycles. The van der Waals surface area contributed by atoms with Crippen LogP contribution in [0.2, 0.25) is 0 Å². The van der Waals surface area contributed by atoms with Crippen LogP contribution in [0, 0.1) is 41.5 Å². The molecule has 3 N–H and O–H groups in total. The predicted molar refractivity (Wildman–Crippen MR) is 234 cm³/mol. The summed E-state index contributed by atoms with van der Waals surface area (Å²) in [5, 5.41) is 13.9. The normalized spacial score (nSPS) is 15.4. The first-order valence-corrected chi connectivity index (χ1v) is 19.7. The van der Waals surface area contributed by atoms with Crippen LogP contribution in [-0.2, 0) is 4.74 Å². The Kier molecular flexibility index (Phi) is 12.7. The maximum atomic E-state index is 6.83. The Morgan fingerprint density at radius 2 is 1.02 bits per heavy atom. The number of rotatable bonds is 9. The number of aryl methyl sites for hydroxylation is 6. The summed E-state index contributed by atoms with van der Waals surface area (Å²) < 4.78 is 4.25. The summed E-state index contributed by atoms with van der Waals surface area (Å²) in [4.78, 5) is 0. The molecular formula is C49H56ClN3O. The lowest BCUT2D eigenvalue weighted by molar-refractivity contribution is 0.277. The molecule has 54 heavy (non-hydrogen) atoms. The molecule has 7 rings (SSSR count). The summed E-state index contributed by atoms with van der Waals surface area (Å²) in [6.07, 6.45) is 4.61. The number of halogens is 1. The molecule has 6 aromatic carbocycles. The number of methoxy groups -OCH3 is 1. The van der Waals surface area contributed by atoms with E-state index < -0.39 is 0 Å². The first kappa shape index (κ1) is 38.9. The Labute approximate surface area is 328 Å². The van der Waals surface area contributed by atoms with E-state index in [1.165, 1.54) is 85.1 Å². The fourth-order valence-corrected chi connectivity index (χ4v) is 8.60. The van der Waals surface area contributed by atoms with Crippen LogP contribution >= 0.6 is 11.6 Å². The molecule has 5 heteroatoms. The van der Waals surface area contributed by atoms with Crippen molar-refractivity contribution in [1.82, 2.24) is 0 Å². The van der Waals surface area contributed by atoms with E-state index in [1.807, 2.05) is 0 Å². The number of hydrogen-bond donors (Lipinski definition) is 3. The average Bonchev–Trinajstić information content (AvgIpc) is 3.14. The standard InChI is InChI=1S/C47H50ClN3.C2H6O/c1-29-25-31(3)46(32(4)26-29)49-37-19-15-35(16-20-37)45(36-17-21-38(22-18-36)50-47-33(5)27-30(2)28-34(47)6)41-23-24-43(40-12-8-7-11-39(40)41)51-44-14-10-9-13-42(44)48;1-3-2/h7-8,11-12,15-28,42,44-45,49-51H,9-10,13-14H2,1-6H3;1-2H3. The molecule has 1 fully saturated rings. The molecule has 0 saturated heterocycles. The van der Waals surface area contributed by atoms with Gasteiger partial charge in [-0.1, -0.05) is 103 Å². The first-order valence-electron chi connectivity index (χ1n) is 19.3. The Balaban J connectivity index is 0.00000160. The highest BCUT2D eigenvalue weighted by Crippen LogP contribution is 2.41. The third-order valence-electron chi connectivity index (χ3n) is 10.7. The number of anilines is 5. The lowest BCUT2D eigenvalue weighted by Gasteiger charge is -2.30. The number of fused-ring (bicyclic) bond motifs is 1. The lowest BCUT2D eigenvalue weighted by Crippen LogP contribution is -2.32. The summed E-state index contributed by atoms with van der Waals surface area (Å²) in [5.74, 6) is 0.0354. The molecule has 0 amide bonds. The van der Waals surface area contributed by atoms with Crippen LogP contribution in [0.4, 0.5) is 28.4 Å². The Bertz CT molecular complexity index is 2040. The van der Waals surface area contributed by atoms with Crippen LogP contribution in [0.15, 0.2) is 109 Å². The molecule has 0 aromatic heterocycles. The fraction of sp³-hybridized carbons (Fsp3) is 0.306. The summed E-state index contributed by atoms with van der Waals surface area (Å²) in [7, 11) is 3.25. The van der Waals surface area contributed by atoms with E-state index in [4.69, 9.17) is 11.6 Å². The zero-order valence-corrected chi connectivity index (χ0v) is 34.0. The quantitative estimate of drug-likeness (QED) is 0.102. The lowest BCUT2D eigenvalue weighted by atomic mass is 9.82. The summed E-state index contributed by atoms with van der Waals surface area (Å²) in [6, 6.07) is 40.8. The van der Waals surface area contributed by atoms with Gasteiger partial charge in [-0.05, 0) is 129 Å². The van der Waals surface area contributed by atoms with Crippen molar-refractivity contribution in [1.29, 1.82) is 0 Å². The molecule has 0 bridgehead atoms. The molecule has 2 unspecified atom stereocenters. The molecule has 6 aromatic rings. The maximum Gasteiger partial charge on any atom is 0.0537 e. The van der Waals surface area contributed by atoms with E-state index in [2.05, 4.69) is 171 Å². The molecule has 0 spiro atoms. The van der Waals surface area contributed by atoms with Gasteiger partial charge in [-0.2, -0.15) is 0 Å². The average molecular weight is 738 g/mol. The van der Waals surface area contributed by atoms with E-state index >= 15 is 0 Å². The van der Waals surface area contributed by atoms with Crippen molar-refractivity contribution in [2.75, 3.05) is 30.2 Å². The third-order valence-corrected chi connectivity index (χ3v) is 11.2. The van der Waals surface area contributed by atoms with Crippen molar-refractivity contribution < 1.29 is 4.74 Å². The largest absolute Gasteiger partial charge is 0.388 e. The van der Waals surface area contributed by atoms with Crippen LogP contribution < -0.4 is 16.0 Å². The minimum absolute atomic E-state index is 0.0354. The third kappa shape index (κ3) is 8.94. The summed E-state index contributed by atoms with van der Waals surface area (Å²) in [5.41, 5.74) is 17.1. The van der Waals surface area contributed by atoms with Gasteiger partial charge in [0, 0.05) is 60.0 Å². The van der Waals surface area contributed by atoms with Gasteiger partial charge >= 0.3 is 0 Å². The van der Waals surface area contributed by atoms with Gasteiger partial charge in [0.1, 0.15) is 0 Å². The van der Waals surface area contributed by atoms with Crippen molar-refractivity contribution in [3.05, 3.63) is 159 Å². The van der Waals surface area contributed by atoms with Gasteiger partial charge in [0.15, 0.2) is 0 Å². The van der Waals surface area contributed by atoms with Gasteiger partial charge < -0.3 is 20.7 Å². The number of hydrogen-bond acceptors (Lipinski definition) is 4. The van der Waals surface area contributed by atoms with Crippen molar-refractivity contribution in [2.24, 2.45) is 0 Å². The zero-order chi connectivity index (χ0) is 38.4. The van der Waals surface area contributed by atoms with Crippen LogP contribution in [-0.4, -0.2) is 25.6 Å². The predicted octanol–water partition coefficient (Wildman–Crippen LogP) is 13.6. The Morgan fingerprint density at radius 3 is 1.48 bits per heavy atom. The first-order chi connectivity index (χ1) is 26.1. The number of benzene rings is 6. The van der Waals surface area contributed by atoms with E-state index in [0.717, 1.165) is 29.9 Å². The maximum absolute atomic E-state index is 6.83. The smallest absolute Gasteiger partial charge is 0.0537 e. The van der Waals surface area contributed by atoms with Crippen molar-refractivity contribution >= 4 is 50.8 Å². The molecule has 280 valence electrons. The highest BCUT2D eigenvalue weighted by Gasteiger charge is 2.25. The minimum Gasteiger partial charge on any atom is -0.388 e. The Hall–Kier alpha value is -4.77. The number of nitrogens with one attached hydrogen (secondary N) is 3. The number of alkyl halides is 1. The van der Waals surface area contributed by atoms with Crippen molar-refractivity contribution in [3.8, 4) is 0 Å². The second-order valence-corrected chi connectivity index (χ2v) is 15.7. The van der Waals surface area contributed by atoms with Gasteiger partial charge in [-0.15, -0.1) is 11.6 Å². The van der Waals surface area contributed by atoms with E-state index in [9.17, 15) is 0 Å². The number of ether oxygens (including phenoxy) is 1. The van der Waals surface area contributed by atoms with Gasteiger partial charge in [-0.25, -0.2) is 0 Å². The van der Waals surface area contributed by atoms with Gasteiger partial charge in [0.2, 0.25) is 0 Å². The minimum atomic E-state index is 0.0354. The van der Waals surface area contributed by atoms with Gasteiger partial charge in [0.25, 0.3) is 0 Å². The molecule has 4 nitrogen and oxygen atoms in total. The molecule has 1 saturated carbocycles. The Morgan fingerprint density at radius 1 is 0.574 bits per heavy atom. The molecular weight excluding hydrogens is 682 g/mol. The molecule has 1 aliphatic carbocycles. The van der Waals surface area contributed by atoms with E-state index in [1.54, 1.807) is 14.2 Å². The molecule has 1 aliphatic rings. The van der Waals surface area contributed by atoms with Crippen molar-refractivity contribution in [2.45, 2.75) is 84.6 Å². The van der Waals surface area contributed by atoms with E-state index in [0.29, 0.717) is 0 Å². The summed E-state index contributed by atoms with van der Waals surface area (Å²) >= 11 is 6.83. The van der Waals surface area contributed by atoms with Gasteiger partial charge in [-0.3, -0.25) is 0 Å². The topological polar surface area (TPSA) is 45.3 Å². The van der Waals surface area contributed by atoms with Crippen LogP contribution in [0.25, 0.3) is 10.8 Å². The second kappa shape index (κ2) is 17.6. The summed E-state index contributed by atoms with van der Waals surface area (Å²) in [6.45, 7) is 13.0. The van der Waals surface area contributed by atoms with Crippen LogP contribution in [0.1, 0.15) is 81.7 Å². The van der Waals surface area contributed by atoms with Gasteiger partial charge in [0.05, 0.1) is 5.38 Å².